The number of esters is 1. The van der Waals surface area contributed by atoms with Crippen molar-refractivity contribution in [2.75, 3.05) is 33.0 Å². The largest absolute Gasteiger partial charge is 0.491 e. The van der Waals surface area contributed by atoms with Crippen molar-refractivity contribution < 1.29 is 34.0 Å². The number of benzene rings is 4. The molecule has 0 amide bonds. The lowest BCUT2D eigenvalue weighted by Gasteiger charge is -2.42. The first-order chi connectivity index (χ1) is 22.7. The molecule has 0 aliphatic carbocycles. The monoisotopic (exact) mass is 652 g/mol. The van der Waals surface area contributed by atoms with E-state index in [2.05, 4.69) is 86.0 Å². The third kappa shape index (κ3) is 7.97. The van der Waals surface area contributed by atoms with Gasteiger partial charge in [-0.3, -0.25) is 0 Å². The second-order valence-corrected chi connectivity index (χ2v) is 12.8. The molecular weight excluding hydrogens is 612 g/mol. The number of hydrogen-bond acceptors (Lipinski definition) is 8. The summed E-state index contributed by atoms with van der Waals surface area (Å²) < 4.78 is 22.3. The van der Waals surface area contributed by atoms with Crippen molar-refractivity contribution in [1.29, 1.82) is 0 Å². The van der Waals surface area contributed by atoms with Crippen molar-refractivity contribution in [2.45, 2.75) is 41.3 Å². The fraction of sp³-hybridized carbons (Fsp3) is 0.256. The van der Waals surface area contributed by atoms with Crippen molar-refractivity contribution in [3.05, 3.63) is 144 Å². The first-order valence-electron chi connectivity index (χ1n) is 15.4. The molecule has 0 spiro atoms. The Morgan fingerprint density at radius 1 is 0.702 bits per heavy atom. The highest BCUT2D eigenvalue weighted by molar-refractivity contribution is 7.99. The van der Waals surface area contributed by atoms with E-state index in [9.17, 15) is 15.0 Å². The summed E-state index contributed by atoms with van der Waals surface area (Å²) in [5, 5.41) is 20.6. The van der Waals surface area contributed by atoms with E-state index >= 15 is 0 Å². The van der Waals surface area contributed by atoms with E-state index in [4.69, 9.17) is 18.9 Å². The molecule has 244 valence electrons. The summed E-state index contributed by atoms with van der Waals surface area (Å²) in [4.78, 5) is 14.0. The fourth-order valence-electron chi connectivity index (χ4n) is 5.53. The zero-order chi connectivity index (χ0) is 33.4. The number of aliphatic hydroxyl groups excluding tert-OH is 2. The van der Waals surface area contributed by atoms with Gasteiger partial charge in [0.1, 0.15) is 43.5 Å². The Kier molecular flexibility index (Phi) is 11.2. The van der Waals surface area contributed by atoms with Crippen molar-refractivity contribution >= 4 is 17.7 Å². The van der Waals surface area contributed by atoms with Crippen LogP contribution in [0.25, 0.3) is 0 Å². The summed E-state index contributed by atoms with van der Waals surface area (Å²) in [7, 11) is 0. The molecule has 0 bridgehead atoms. The molecule has 5 rings (SSSR count). The normalized spacial score (nSPS) is 14.2. The molecule has 2 unspecified atom stereocenters. The van der Waals surface area contributed by atoms with Gasteiger partial charge in [0.05, 0.1) is 18.6 Å². The minimum absolute atomic E-state index is 0.0353. The number of rotatable bonds is 15. The van der Waals surface area contributed by atoms with Crippen LogP contribution in [-0.4, -0.2) is 61.4 Å². The van der Waals surface area contributed by atoms with Crippen LogP contribution in [0.4, 0.5) is 0 Å². The molecule has 2 atom stereocenters. The van der Waals surface area contributed by atoms with E-state index in [0.717, 1.165) is 37.6 Å². The highest BCUT2D eigenvalue weighted by Crippen LogP contribution is 2.55. The number of carbonyl (C=O) groups is 1. The predicted molar refractivity (Wildman–Crippen MR) is 183 cm³/mol. The van der Waals surface area contributed by atoms with Gasteiger partial charge in [-0.2, -0.15) is 0 Å². The first-order valence-corrected chi connectivity index (χ1v) is 16.2. The molecule has 1 heterocycles. The van der Waals surface area contributed by atoms with E-state index in [-0.39, 0.29) is 32.0 Å². The summed E-state index contributed by atoms with van der Waals surface area (Å²) in [6, 6.07) is 32.8. The van der Waals surface area contributed by atoms with Crippen LogP contribution in [0.15, 0.2) is 131 Å². The van der Waals surface area contributed by atoms with Crippen LogP contribution in [0.5, 0.6) is 11.5 Å². The summed E-state index contributed by atoms with van der Waals surface area (Å²) in [5.41, 5.74) is 4.93. The lowest BCUT2D eigenvalue weighted by molar-refractivity contribution is -0.142. The van der Waals surface area contributed by atoms with Gasteiger partial charge >= 0.3 is 5.97 Å². The van der Waals surface area contributed by atoms with E-state index < -0.39 is 23.6 Å². The van der Waals surface area contributed by atoms with Gasteiger partial charge in [-0.15, -0.1) is 0 Å². The molecule has 1 aliphatic rings. The minimum Gasteiger partial charge on any atom is -0.491 e. The molecular formula is C39H40O7S. The summed E-state index contributed by atoms with van der Waals surface area (Å²) in [5.74, 6) is 0.673. The lowest BCUT2D eigenvalue weighted by Crippen LogP contribution is -2.34. The van der Waals surface area contributed by atoms with Gasteiger partial charge < -0.3 is 29.2 Å². The standard InChI is InChI=1S/C39H40O7S/c1-26(2)21-43-22-30(40)23-44-32-17-13-28(14-18-32)39(34-9-5-7-11-36(34)47-37-12-8-6-10-35(37)39)29-15-19-33(20-16-29)45-24-31(41)25-46-38(42)27(3)4/h5-20,30-31,40-41H,1,3,21-25H2,2,4H3. The van der Waals surface area contributed by atoms with Crippen molar-refractivity contribution in [1.82, 2.24) is 0 Å². The van der Waals surface area contributed by atoms with E-state index in [1.165, 1.54) is 0 Å². The van der Waals surface area contributed by atoms with E-state index in [1.54, 1.807) is 18.7 Å². The number of ether oxygens (including phenoxy) is 4. The minimum atomic E-state index is -0.982. The van der Waals surface area contributed by atoms with Crippen LogP contribution >= 0.6 is 11.8 Å². The molecule has 1 aliphatic heterocycles. The topological polar surface area (TPSA) is 94.5 Å². The van der Waals surface area contributed by atoms with Crippen molar-refractivity contribution in [3.63, 3.8) is 0 Å². The maximum Gasteiger partial charge on any atom is 0.333 e. The third-order valence-electron chi connectivity index (χ3n) is 7.68. The van der Waals surface area contributed by atoms with Gasteiger partial charge in [0.2, 0.25) is 0 Å². The van der Waals surface area contributed by atoms with Gasteiger partial charge in [-0.1, -0.05) is 91.2 Å². The van der Waals surface area contributed by atoms with Crippen molar-refractivity contribution in [3.8, 4) is 11.5 Å². The fourth-order valence-corrected chi connectivity index (χ4v) is 6.72. The zero-order valence-corrected chi connectivity index (χ0v) is 27.5. The molecule has 8 heteroatoms. The Balaban J connectivity index is 1.44. The quantitative estimate of drug-likeness (QED) is 0.0731. The highest BCUT2D eigenvalue weighted by atomic mass is 32.2. The Bertz CT molecular complexity index is 1650. The second kappa shape index (κ2) is 15.5. The number of aliphatic hydroxyl groups is 2. The predicted octanol–water partition coefficient (Wildman–Crippen LogP) is 6.73. The first kappa shape index (κ1) is 34.0. The molecule has 4 aromatic carbocycles. The smallest absolute Gasteiger partial charge is 0.333 e. The van der Waals surface area contributed by atoms with E-state index in [0.29, 0.717) is 18.1 Å². The summed E-state index contributed by atoms with van der Waals surface area (Å²) in [6.07, 6.45) is -1.74. The molecule has 7 nitrogen and oxygen atoms in total. The van der Waals surface area contributed by atoms with Gasteiger partial charge in [-0.05, 0) is 72.5 Å². The zero-order valence-electron chi connectivity index (χ0n) is 26.7. The molecule has 2 N–H and O–H groups in total. The van der Waals surface area contributed by atoms with Gasteiger partial charge in [0.25, 0.3) is 0 Å². The molecule has 0 saturated carbocycles. The van der Waals surface area contributed by atoms with Crippen LogP contribution in [0.1, 0.15) is 36.1 Å². The van der Waals surface area contributed by atoms with Crippen LogP contribution < -0.4 is 9.47 Å². The average molecular weight is 653 g/mol. The second-order valence-electron chi connectivity index (χ2n) is 11.7. The lowest BCUT2D eigenvalue weighted by atomic mass is 9.65. The van der Waals surface area contributed by atoms with Crippen LogP contribution in [0.3, 0.4) is 0 Å². The van der Waals surface area contributed by atoms with Gasteiger partial charge in [0.15, 0.2) is 0 Å². The Labute approximate surface area is 280 Å². The Morgan fingerprint density at radius 3 is 1.64 bits per heavy atom. The molecule has 0 saturated heterocycles. The van der Waals surface area contributed by atoms with Crippen LogP contribution in [0, 0.1) is 0 Å². The molecule has 0 aromatic heterocycles. The third-order valence-corrected chi connectivity index (χ3v) is 8.83. The highest BCUT2D eigenvalue weighted by Gasteiger charge is 2.44. The molecule has 4 aromatic rings. The molecule has 0 fully saturated rings. The Morgan fingerprint density at radius 2 is 1.17 bits per heavy atom. The number of hydrogen-bond donors (Lipinski definition) is 2. The SMILES string of the molecule is C=C(C)COCC(O)COc1ccc(C2(c3ccc(OCC(O)COC(=O)C(=C)C)cc3)c3ccccc3Sc3ccccc32)cc1. The maximum atomic E-state index is 11.7. The summed E-state index contributed by atoms with van der Waals surface area (Å²) >= 11 is 1.76. The van der Waals surface area contributed by atoms with Crippen LogP contribution in [-0.2, 0) is 19.7 Å². The molecule has 47 heavy (non-hydrogen) atoms. The average Bonchev–Trinajstić information content (AvgIpc) is 3.08. The van der Waals surface area contributed by atoms with Crippen LogP contribution in [0.2, 0.25) is 0 Å². The van der Waals surface area contributed by atoms with Gasteiger partial charge in [0, 0.05) is 15.4 Å². The van der Waals surface area contributed by atoms with Gasteiger partial charge in [-0.25, -0.2) is 4.79 Å². The summed E-state index contributed by atoms with van der Waals surface area (Å²) in [6.45, 7) is 11.3. The molecule has 0 radical (unpaired) electrons. The van der Waals surface area contributed by atoms with Crippen molar-refractivity contribution in [2.24, 2.45) is 0 Å². The number of fused-ring (bicyclic) bond motifs is 2. The number of carbonyl (C=O) groups excluding carboxylic acids is 1. The van der Waals surface area contributed by atoms with E-state index in [1.807, 2.05) is 31.2 Å². The Hall–Kier alpha value is -4.34. The maximum absolute atomic E-state index is 11.7.